The van der Waals surface area contributed by atoms with Crippen molar-refractivity contribution in [1.29, 1.82) is 0 Å². The smallest absolute Gasteiger partial charge is 0.138 e. The number of likely N-dealkylation sites (tertiary alicyclic amines) is 1. The average molecular weight is 145 g/mol. The Balaban J connectivity index is 2.40. The first-order chi connectivity index (χ1) is 4.58. The second-order valence-corrected chi connectivity index (χ2v) is 3.52. The van der Waals surface area contributed by atoms with Gasteiger partial charge in [0.1, 0.15) is 5.67 Å². The zero-order chi connectivity index (χ0) is 7.78. The molecule has 1 aliphatic rings. The molecule has 2 heteroatoms. The number of hydrogen-bond acceptors (Lipinski definition) is 1. The lowest BCUT2D eigenvalue weighted by molar-refractivity contribution is -0.0565. The maximum atomic E-state index is 13.5. The molecule has 0 radical (unpaired) electrons. The summed E-state index contributed by atoms with van der Waals surface area (Å²) >= 11 is 0. The molecular weight excluding hydrogens is 129 g/mol. The van der Waals surface area contributed by atoms with Crippen LogP contribution in [-0.4, -0.2) is 30.7 Å². The van der Waals surface area contributed by atoms with Gasteiger partial charge in [0.05, 0.1) is 0 Å². The standard InChI is InChI=1S/C8H16FN/c1-4-7(2)8(9)5-10(3)6-8/h7H,4-6H2,1-3H3. The minimum absolute atomic E-state index is 0.226. The van der Waals surface area contributed by atoms with Gasteiger partial charge < -0.3 is 0 Å². The minimum atomic E-state index is -0.872. The Kier molecular flexibility index (Phi) is 1.99. The van der Waals surface area contributed by atoms with Crippen molar-refractivity contribution in [2.45, 2.75) is 25.9 Å². The van der Waals surface area contributed by atoms with E-state index in [0.29, 0.717) is 13.1 Å². The van der Waals surface area contributed by atoms with Gasteiger partial charge in [-0.15, -0.1) is 0 Å². The van der Waals surface area contributed by atoms with Gasteiger partial charge in [-0.25, -0.2) is 4.39 Å². The van der Waals surface area contributed by atoms with Crippen molar-refractivity contribution in [3.8, 4) is 0 Å². The molecule has 1 heterocycles. The van der Waals surface area contributed by atoms with Gasteiger partial charge in [-0.05, 0) is 13.0 Å². The van der Waals surface area contributed by atoms with Crippen molar-refractivity contribution in [2.75, 3.05) is 20.1 Å². The zero-order valence-electron chi connectivity index (χ0n) is 7.02. The molecule has 1 rings (SSSR count). The minimum Gasteiger partial charge on any atom is -0.300 e. The SMILES string of the molecule is CCC(C)C1(F)CN(C)C1. The van der Waals surface area contributed by atoms with Crippen LogP contribution in [0.3, 0.4) is 0 Å². The van der Waals surface area contributed by atoms with Crippen molar-refractivity contribution in [2.24, 2.45) is 5.92 Å². The molecule has 0 aromatic rings. The van der Waals surface area contributed by atoms with E-state index in [-0.39, 0.29) is 5.92 Å². The molecule has 0 saturated carbocycles. The number of rotatable bonds is 2. The van der Waals surface area contributed by atoms with Gasteiger partial charge in [0, 0.05) is 13.1 Å². The number of halogens is 1. The summed E-state index contributed by atoms with van der Waals surface area (Å²) < 4.78 is 13.5. The van der Waals surface area contributed by atoms with Crippen LogP contribution in [0.2, 0.25) is 0 Å². The number of alkyl halides is 1. The molecule has 0 aromatic heterocycles. The lowest BCUT2D eigenvalue weighted by atomic mass is 9.82. The quantitative estimate of drug-likeness (QED) is 0.571. The van der Waals surface area contributed by atoms with E-state index >= 15 is 0 Å². The van der Waals surface area contributed by atoms with Crippen molar-refractivity contribution < 1.29 is 4.39 Å². The van der Waals surface area contributed by atoms with E-state index in [2.05, 4.69) is 0 Å². The highest BCUT2D eigenvalue weighted by atomic mass is 19.1. The summed E-state index contributed by atoms with van der Waals surface area (Å²) in [6.07, 6.45) is 0.949. The van der Waals surface area contributed by atoms with Crippen molar-refractivity contribution in [1.82, 2.24) is 4.90 Å². The van der Waals surface area contributed by atoms with Gasteiger partial charge in [0.15, 0.2) is 0 Å². The average Bonchev–Trinajstić information content (AvgIpc) is 1.83. The second-order valence-electron chi connectivity index (χ2n) is 3.52. The van der Waals surface area contributed by atoms with Crippen molar-refractivity contribution in [3.05, 3.63) is 0 Å². The molecule has 1 nitrogen and oxygen atoms in total. The van der Waals surface area contributed by atoms with Gasteiger partial charge >= 0.3 is 0 Å². The van der Waals surface area contributed by atoms with Gasteiger partial charge in [-0.2, -0.15) is 0 Å². The maximum absolute atomic E-state index is 13.5. The van der Waals surface area contributed by atoms with E-state index < -0.39 is 5.67 Å². The molecule has 1 fully saturated rings. The Morgan fingerprint density at radius 2 is 2.10 bits per heavy atom. The van der Waals surface area contributed by atoms with Crippen LogP contribution in [0.25, 0.3) is 0 Å². The van der Waals surface area contributed by atoms with E-state index in [1.165, 1.54) is 0 Å². The van der Waals surface area contributed by atoms with E-state index in [0.717, 1.165) is 6.42 Å². The first-order valence-corrected chi connectivity index (χ1v) is 3.96. The highest BCUT2D eigenvalue weighted by Crippen LogP contribution is 2.33. The van der Waals surface area contributed by atoms with Gasteiger partial charge in [-0.3, -0.25) is 4.90 Å². The van der Waals surface area contributed by atoms with Crippen LogP contribution in [0.15, 0.2) is 0 Å². The van der Waals surface area contributed by atoms with Crippen molar-refractivity contribution >= 4 is 0 Å². The van der Waals surface area contributed by atoms with Crippen LogP contribution < -0.4 is 0 Å². The van der Waals surface area contributed by atoms with E-state index in [9.17, 15) is 4.39 Å². The molecule has 60 valence electrons. The fourth-order valence-corrected chi connectivity index (χ4v) is 1.53. The Labute approximate surface area is 62.2 Å². The molecule has 1 saturated heterocycles. The molecular formula is C8H16FN. The van der Waals surface area contributed by atoms with Crippen LogP contribution in [0, 0.1) is 5.92 Å². The van der Waals surface area contributed by atoms with Gasteiger partial charge in [0.2, 0.25) is 0 Å². The maximum Gasteiger partial charge on any atom is 0.138 e. The molecule has 1 atom stereocenters. The molecule has 0 amide bonds. The van der Waals surface area contributed by atoms with Crippen LogP contribution >= 0.6 is 0 Å². The highest BCUT2D eigenvalue weighted by Gasteiger charge is 2.44. The summed E-state index contributed by atoms with van der Waals surface area (Å²) in [5.41, 5.74) is -0.872. The van der Waals surface area contributed by atoms with E-state index in [1.54, 1.807) is 0 Å². The molecule has 0 aliphatic carbocycles. The topological polar surface area (TPSA) is 3.24 Å². The Hall–Kier alpha value is -0.110. The predicted molar refractivity (Wildman–Crippen MR) is 40.8 cm³/mol. The number of hydrogen-bond donors (Lipinski definition) is 0. The zero-order valence-corrected chi connectivity index (χ0v) is 7.02. The summed E-state index contributed by atoms with van der Waals surface area (Å²) in [7, 11) is 1.96. The van der Waals surface area contributed by atoms with Crippen LogP contribution in [0.5, 0.6) is 0 Å². The predicted octanol–water partition coefficient (Wildman–Crippen LogP) is 1.69. The monoisotopic (exact) mass is 145 g/mol. The second kappa shape index (κ2) is 2.50. The first-order valence-electron chi connectivity index (χ1n) is 3.96. The molecule has 0 spiro atoms. The van der Waals surface area contributed by atoms with Crippen LogP contribution in [0.1, 0.15) is 20.3 Å². The van der Waals surface area contributed by atoms with Crippen molar-refractivity contribution in [3.63, 3.8) is 0 Å². The Bertz CT molecular complexity index is 118. The normalized spacial score (nSPS) is 27.6. The van der Waals surface area contributed by atoms with E-state index in [4.69, 9.17) is 0 Å². The van der Waals surface area contributed by atoms with Gasteiger partial charge in [0.25, 0.3) is 0 Å². The highest BCUT2D eigenvalue weighted by molar-refractivity contribution is 4.97. The Morgan fingerprint density at radius 1 is 1.60 bits per heavy atom. The third-order valence-corrected chi connectivity index (χ3v) is 2.56. The fraction of sp³-hybridized carbons (Fsp3) is 1.00. The Morgan fingerprint density at radius 3 is 2.40 bits per heavy atom. The first kappa shape index (κ1) is 7.99. The molecule has 1 unspecified atom stereocenters. The van der Waals surface area contributed by atoms with Gasteiger partial charge in [-0.1, -0.05) is 20.3 Å². The largest absolute Gasteiger partial charge is 0.300 e. The number of nitrogens with zero attached hydrogens (tertiary/aromatic N) is 1. The summed E-state index contributed by atoms with van der Waals surface area (Å²) in [6, 6.07) is 0. The molecule has 10 heavy (non-hydrogen) atoms. The summed E-state index contributed by atoms with van der Waals surface area (Å²) in [5.74, 6) is 0.226. The summed E-state index contributed by atoms with van der Waals surface area (Å²) in [5, 5.41) is 0. The summed E-state index contributed by atoms with van der Waals surface area (Å²) in [4.78, 5) is 2.02. The summed E-state index contributed by atoms with van der Waals surface area (Å²) in [6.45, 7) is 5.29. The molecule has 0 bridgehead atoms. The fourth-order valence-electron chi connectivity index (χ4n) is 1.53. The third-order valence-electron chi connectivity index (χ3n) is 2.56. The lowest BCUT2D eigenvalue weighted by Crippen LogP contribution is -2.60. The van der Waals surface area contributed by atoms with Crippen LogP contribution in [0.4, 0.5) is 4.39 Å². The molecule has 0 N–H and O–H groups in total. The lowest BCUT2D eigenvalue weighted by Gasteiger charge is -2.45. The third kappa shape index (κ3) is 1.17. The van der Waals surface area contributed by atoms with E-state index in [1.807, 2.05) is 25.8 Å². The van der Waals surface area contributed by atoms with Crippen LogP contribution in [-0.2, 0) is 0 Å². The molecule has 0 aromatic carbocycles. The molecule has 1 aliphatic heterocycles.